The molecular formula is C24H31NO3. The molecule has 1 aromatic carbocycles. The van der Waals surface area contributed by atoms with Gasteiger partial charge in [-0.25, -0.2) is 0 Å². The number of epoxide rings is 1. The maximum absolute atomic E-state index is 12.9. The van der Waals surface area contributed by atoms with Crippen LogP contribution >= 0.6 is 0 Å². The SMILES string of the molecule is C[C@]12CCC[C@]3(CO3)[C@H]1C[C@@H]1[C@@H](C2)OC(=O)[C@@H]1CN1CCc2ccccc2C1. The van der Waals surface area contributed by atoms with Crippen molar-refractivity contribution in [3.63, 3.8) is 0 Å². The van der Waals surface area contributed by atoms with E-state index in [-0.39, 0.29) is 29.0 Å². The predicted molar refractivity (Wildman–Crippen MR) is 106 cm³/mol. The summed E-state index contributed by atoms with van der Waals surface area (Å²) in [5.41, 5.74) is 3.31. The van der Waals surface area contributed by atoms with Gasteiger partial charge in [0, 0.05) is 25.6 Å². The Bertz CT molecular complexity index is 803. The first-order valence-corrected chi connectivity index (χ1v) is 11.2. The number of carbonyl (C=O) groups is 1. The van der Waals surface area contributed by atoms with Crippen LogP contribution in [0, 0.1) is 23.2 Å². The van der Waals surface area contributed by atoms with E-state index < -0.39 is 0 Å². The molecule has 1 aromatic rings. The van der Waals surface area contributed by atoms with E-state index in [1.807, 2.05) is 0 Å². The average Bonchev–Trinajstić information content (AvgIpc) is 3.39. The van der Waals surface area contributed by atoms with Gasteiger partial charge in [-0.3, -0.25) is 9.69 Å². The van der Waals surface area contributed by atoms with E-state index in [4.69, 9.17) is 9.47 Å². The van der Waals surface area contributed by atoms with Crippen LogP contribution in [0.1, 0.15) is 50.2 Å². The van der Waals surface area contributed by atoms with Gasteiger partial charge in [0.15, 0.2) is 0 Å². The van der Waals surface area contributed by atoms with E-state index in [9.17, 15) is 4.79 Å². The van der Waals surface area contributed by atoms with Gasteiger partial charge in [-0.2, -0.15) is 0 Å². The van der Waals surface area contributed by atoms with Gasteiger partial charge >= 0.3 is 5.97 Å². The van der Waals surface area contributed by atoms with E-state index in [0.717, 1.165) is 45.5 Å². The van der Waals surface area contributed by atoms with Crippen LogP contribution in [0.3, 0.4) is 0 Å². The van der Waals surface area contributed by atoms with Crippen molar-refractivity contribution < 1.29 is 14.3 Å². The Hall–Kier alpha value is -1.39. The highest BCUT2D eigenvalue weighted by atomic mass is 16.6. The largest absolute Gasteiger partial charge is 0.462 e. The number of carbonyl (C=O) groups excluding carboxylic acids is 1. The Morgan fingerprint density at radius 2 is 2.04 bits per heavy atom. The molecular weight excluding hydrogens is 350 g/mol. The monoisotopic (exact) mass is 381 g/mol. The van der Waals surface area contributed by atoms with Crippen LogP contribution < -0.4 is 0 Å². The summed E-state index contributed by atoms with van der Waals surface area (Å²) in [5, 5.41) is 0. The summed E-state index contributed by atoms with van der Waals surface area (Å²) in [6.07, 6.45) is 7.10. The Kier molecular flexibility index (Phi) is 3.78. The number of hydrogen-bond donors (Lipinski definition) is 0. The van der Waals surface area contributed by atoms with Gasteiger partial charge in [0.05, 0.1) is 18.1 Å². The number of ether oxygens (including phenoxy) is 2. The van der Waals surface area contributed by atoms with Gasteiger partial charge < -0.3 is 9.47 Å². The number of benzene rings is 1. The van der Waals surface area contributed by atoms with Crippen LogP contribution in [0.2, 0.25) is 0 Å². The number of hydrogen-bond acceptors (Lipinski definition) is 4. The summed E-state index contributed by atoms with van der Waals surface area (Å²) in [7, 11) is 0. The molecule has 0 aromatic heterocycles. The Morgan fingerprint density at radius 3 is 2.86 bits per heavy atom. The topological polar surface area (TPSA) is 42.1 Å². The van der Waals surface area contributed by atoms with E-state index >= 15 is 0 Å². The molecule has 0 radical (unpaired) electrons. The quantitative estimate of drug-likeness (QED) is 0.580. The molecule has 150 valence electrons. The number of esters is 1. The second kappa shape index (κ2) is 6.06. The fourth-order valence-electron chi connectivity index (χ4n) is 7.15. The van der Waals surface area contributed by atoms with Crippen LogP contribution in [-0.2, 0) is 27.2 Å². The fourth-order valence-corrected chi connectivity index (χ4v) is 7.15. The molecule has 0 N–H and O–H groups in total. The predicted octanol–water partition coefficient (Wildman–Crippen LogP) is 3.57. The smallest absolute Gasteiger partial charge is 0.310 e. The summed E-state index contributed by atoms with van der Waals surface area (Å²) in [6.45, 7) is 6.23. The Morgan fingerprint density at radius 1 is 1.21 bits per heavy atom. The molecule has 0 unspecified atom stereocenters. The third-order valence-electron chi connectivity index (χ3n) is 8.74. The summed E-state index contributed by atoms with van der Waals surface area (Å²) in [5.74, 6) is 1.08. The minimum absolute atomic E-state index is 0.0394. The summed E-state index contributed by atoms with van der Waals surface area (Å²) >= 11 is 0. The van der Waals surface area contributed by atoms with Crippen molar-refractivity contribution in [2.45, 2.75) is 63.7 Å². The molecule has 2 saturated heterocycles. The number of rotatable bonds is 2. The van der Waals surface area contributed by atoms with Crippen molar-refractivity contribution in [1.29, 1.82) is 0 Å². The third kappa shape index (κ3) is 2.60. The molecule has 0 amide bonds. The van der Waals surface area contributed by atoms with Crippen LogP contribution in [0.5, 0.6) is 0 Å². The highest BCUT2D eigenvalue weighted by molar-refractivity contribution is 5.75. The van der Waals surface area contributed by atoms with Crippen LogP contribution in [0.25, 0.3) is 0 Å². The molecule has 2 aliphatic carbocycles. The Labute approximate surface area is 167 Å². The second-order valence-electron chi connectivity index (χ2n) is 10.4. The molecule has 6 atom stereocenters. The van der Waals surface area contributed by atoms with Gasteiger partial charge in [0.2, 0.25) is 0 Å². The normalized spacial score (nSPS) is 44.5. The lowest BCUT2D eigenvalue weighted by Gasteiger charge is -2.51. The molecule has 0 bridgehead atoms. The highest BCUT2D eigenvalue weighted by Crippen LogP contribution is 2.62. The van der Waals surface area contributed by atoms with Crippen molar-refractivity contribution >= 4 is 5.97 Å². The minimum Gasteiger partial charge on any atom is -0.462 e. The van der Waals surface area contributed by atoms with Gasteiger partial charge in [-0.1, -0.05) is 31.2 Å². The van der Waals surface area contributed by atoms with E-state index in [1.165, 1.54) is 30.4 Å². The van der Waals surface area contributed by atoms with Crippen LogP contribution in [-0.4, -0.2) is 42.3 Å². The number of fused-ring (bicyclic) bond motifs is 4. The maximum atomic E-state index is 12.9. The van der Waals surface area contributed by atoms with Gasteiger partial charge in [-0.05, 0) is 61.0 Å². The second-order valence-corrected chi connectivity index (χ2v) is 10.4. The fraction of sp³-hybridized carbons (Fsp3) is 0.708. The maximum Gasteiger partial charge on any atom is 0.310 e. The van der Waals surface area contributed by atoms with Crippen LogP contribution in [0.4, 0.5) is 0 Å². The molecule has 1 spiro atoms. The molecule has 4 heteroatoms. The van der Waals surface area contributed by atoms with Gasteiger partial charge in [-0.15, -0.1) is 0 Å². The zero-order valence-corrected chi connectivity index (χ0v) is 16.9. The lowest BCUT2D eigenvalue weighted by Crippen LogP contribution is -2.51. The third-order valence-corrected chi connectivity index (χ3v) is 8.74. The average molecular weight is 382 g/mol. The molecule has 3 heterocycles. The minimum atomic E-state index is 0.0394. The van der Waals surface area contributed by atoms with Crippen LogP contribution in [0.15, 0.2) is 24.3 Å². The van der Waals surface area contributed by atoms with E-state index in [1.54, 1.807) is 0 Å². The molecule has 2 saturated carbocycles. The van der Waals surface area contributed by atoms with Crippen molar-refractivity contribution in [3.05, 3.63) is 35.4 Å². The summed E-state index contributed by atoms with van der Waals surface area (Å²) < 4.78 is 12.0. The van der Waals surface area contributed by atoms with E-state index in [0.29, 0.717) is 11.8 Å². The molecule has 5 aliphatic rings. The lowest BCUT2D eigenvalue weighted by molar-refractivity contribution is -0.147. The summed E-state index contributed by atoms with van der Waals surface area (Å²) in [6, 6.07) is 8.74. The Balaban J connectivity index is 1.21. The van der Waals surface area contributed by atoms with Gasteiger partial charge in [0.1, 0.15) is 6.10 Å². The van der Waals surface area contributed by atoms with E-state index in [2.05, 4.69) is 36.1 Å². The first-order valence-electron chi connectivity index (χ1n) is 11.2. The number of nitrogens with zero attached hydrogens (tertiary/aromatic N) is 1. The lowest BCUT2D eigenvalue weighted by atomic mass is 9.53. The zero-order valence-electron chi connectivity index (χ0n) is 16.9. The van der Waals surface area contributed by atoms with Crippen molar-refractivity contribution in [2.75, 3.05) is 19.7 Å². The molecule has 4 fully saturated rings. The van der Waals surface area contributed by atoms with Gasteiger partial charge in [0.25, 0.3) is 0 Å². The van der Waals surface area contributed by atoms with Crippen molar-refractivity contribution in [2.24, 2.45) is 23.2 Å². The zero-order chi connectivity index (χ0) is 18.9. The van der Waals surface area contributed by atoms with Crippen molar-refractivity contribution in [1.82, 2.24) is 4.90 Å². The molecule has 3 aliphatic heterocycles. The standard InChI is InChI=1S/C24H31NO3/c1-23-8-4-9-24(15-27-24)21(23)11-18-19(22(26)28-20(18)12-23)14-25-10-7-16-5-2-3-6-17(16)13-25/h2-3,5-6,18-21H,4,7-15H2,1H3/t18-,19+,20+,21-,23+,24-/m0/s1. The summed E-state index contributed by atoms with van der Waals surface area (Å²) in [4.78, 5) is 15.3. The molecule has 6 rings (SSSR count). The van der Waals surface area contributed by atoms with Crippen molar-refractivity contribution in [3.8, 4) is 0 Å². The molecule has 28 heavy (non-hydrogen) atoms. The molecule has 4 nitrogen and oxygen atoms in total. The first-order chi connectivity index (χ1) is 13.6. The first kappa shape index (κ1) is 17.5. The highest BCUT2D eigenvalue weighted by Gasteiger charge is 2.65.